The number of rotatable bonds is 3. The first-order valence-electron chi connectivity index (χ1n) is 6.61. The predicted octanol–water partition coefficient (Wildman–Crippen LogP) is 2.54. The average Bonchev–Trinajstić information content (AvgIpc) is 3.07. The Bertz CT molecular complexity index is 558. The minimum absolute atomic E-state index is 0.347. The van der Waals surface area contributed by atoms with Crippen LogP contribution in [0.1, 0.15) is 25.3 Å². The van der Waals surface area contributed by atoms with Gasteiger partial charge in [-0.15, -0.1) is 0 Å². The molecule has 1 atom stereocenters. The minimum Gasteiger partial charge on any atom is -0.480 e. The monoisotopic (exact) mass is 260 g/mol. The number of hydrogen-bond donors (Lipinski definition) is 3. The van der Waals surface area contributed by atoms with E-state index in [4.69, 9.17) is 10.8 Å². The highest BCUT2D eigenvalue weighted by molar-refractivity contribution is 5.84. The Morgan fingerprint density at radius 1 is 1.47 bits per heavy atom. The van der Waals surface area contributed by atoms with Crippen LogP contribution >= 0.6 is 0 Å². The van der Waals surface area contributed by atoms with Crippen molar-refractivity contribution >= 4 is 16.9 Å². The molecule has 4 heteroatoms. The molecule has 1 aliphatic rings. The number of aliphatic carboxylic acids is 1. The maximum absolute atomic E-state index is 10.6. The fourth-order valence-electron chi connectivity index (χ4n) is 1.79. The van der Waals surface area contributed by atoms with E-state index in [1.807, 2.05) is 30.5 Å². The standard InChI is InChI=1S/C11H12N2O2.C4H8/c12-9(11(14)15)5-7-6-13-10-4-2-1-3-8(7)10;1-4-2-3-4/h1-4,6,9,13H,5,12H2,(H,14,15);4H,2-3H2,1H3. The van der Waals surface area contributed by atoms with Crippen molar-refractivity contribution in [3.8, 4) is 0 Å². The molecular weight excluding hydrogens is 240 g/mol. The third-order valence-electron chi connectivity index (χ3n) is 3.30. The zero-order chi connectivity index (χ0) is 13.8. The van der Waals surface area contributed by atoms with Crippen molar-refractivity contribution < 1.29 is 9.90 Å². The Balaban J connectivity index is 0.000000284. The summed E-state index contributed by atoms with van der Waals surface area (Å²) in [7, 11) is 0. The molecule has 1 aromatic carbocycles. The molecule has 0 spiro atoms. The van der Waals surface area contributed by atoms with Crippen molar-refractivity contribution in [3.05, 3.63) is 36.0 Å². The van der Waals surface area contributed by atoms with Crippen molar-refractivity contribution in [1.29, 1.82) is 0 Å². The SMILES string of the molecule is CC1CC1.NC(Cc1c[nH]c2ccccc12)C(=O)O. The highest BCUT2D eigenvalue weighted by Crippen LogP contribution is 2.26. The van der Waals surface area contributed by atoms with Gasteiger partial charge >= 0.3 is 5.97 Å². The van der Waals surface area contributed by atoms with E-state index in [1.54, 1.807) is 0 Å². The van der Waals surface area contributed by atoms with Crippen LogP contribution in [0.5, 0.6) is 0 Å². The lowest BCUT2D eigenvalue weighted by Gasteiger charge is -2.04. The van der Waals surface area contributed by atoms with E-state index in [9.17, 15) is 4.79 Å². The van der Waals surface area contributed by atoms with Gasteiger partial charge in [0.2, 0.25) is 0 Å². The summed E-state index contributed by atoms with van der Waals surface area (Å²) in [4.78, 5) is 13.7. The molecule has 0 aliphatic heterocycles. The molecule has 2 aromatic rings. The Morgan fingerprint density at radius 3 is 2.68 bits per heavy atom. The summed E-state index contributed by atoms with van der Waals surface area (Å²) >= 11 is 0. The molecule has 1 saturated carbocycles. The first-order chi connectivity index (χ1) is 9.08. The van der Waals surface area contributed by atoms with Gasteiger partial charge in [0.05, 0.1) is 0 Å². The fourth-order valence-corrected chi connectivity index (χ4v) is 1.79. The lowest BCUT2D eigenvalue weighted by Crippen LogP contribution is -2.32. The topological polar surface area (TPSA) is 79.1 Å². The second-order valence-electron chi connectivity index (χ2n) is 5.19. The number of nitrogens with two attached hydrogens (primary N) is 1. The normalized spacial score (nSPS) is 15.7. The fraction of sp³-hybridized carbons (Fsp3) is 0.400. The number of H-pyrrole nitrogens is 1. The van der Waals surface area contributed by atoms with Crippen molar-refractivity contribution in [2.24, 2.45) is 11.7 Å². The van der Waals surface area contributed by atoms with Crippen LogP contribution < -0.4 is 5.73 Å². The summed E-state index contributed by atoms with van der Waals surface area (Å²) < 4.78 is 0. The highest BCUT2D eigenvalue weighted by atomic mass is 16.4. The number of fused-ring (bicyclic) bond motifs is 1. The maximum atomic E-state index is 10.6. The first kappa shape index (κ1) is 13.6. The van der Waals surface area contributed by atoms with Crippen LogP contribution in [-0.2, 0) is 11.2 Å². The van der Waals surface area contributed by atoms with Gasteiger partial charge in [0, 0.05) is 23.5 Å². The van der Waals surface area contributed by atoms with E-state index in [0.29, 0.717) is 6.42 Å². The van der Waals surface area contributed by atoms with Crippen LogP contribution in [0.3, 0.4) is 0 Å². The summed E-state index contributed by atoms with van der Waals surface area (Å²) in [6.07, 6.45) is 5.13. The van der Waals surface area contributed by atoms with E-state index in [0.717, 1.165) is 22.4 Å². The summed E-state index contributed by atoms with van der Waals surface area (Å²) in [5.74, 6) is 0.111. The van der Waals surface area contributed by atoms with E-state index >= 15 is 0 Å². The number of benzene rings is 1. The summed E-state index contributed by atoms with van der Waals surface area (Å²) in [5, 5.41) is 9.75. The Kier molecular flexibility index (Phi) is 4.22. The average molecular weight is 260 g/mol. The zero-order valence-electron chi connectivity index (χ0n) is 11.1. The molecule has 4 N–H and O–H groups in total. The molecule has 19 heavy (non-hydrogen) atoms. The van der Waals surface area contributed by atoms with Crippen LogP contribution in [0.25, 0.3) is 10.9 Å². The largest absolute Gasteiger partial charge is 0.480 e. The number of nitrogens with one attached hydrogen (secondary N) is 1. The number of carbonyl (C=O) groups is 1. The van der Waals surface area contributed by atoms with Crippen LogP contribution in [0.2, 0.25) is 0 Å². The van der Waals surface area contributed by atoms with Gasteiger partial charge in [-0.25, -0.2) is 0 Å². The molecule has 0 bridgehead atoms. The van der Waals surface area contributed by atoms with Gasteiger partial charge in [-0.2, -0.15) is 0 Å². The molecule has 3 rings (SSSR count). The molecule has 0 radical (unpaired) electrons. The van der Waals surface area contributed by atoms with Gasteiger partial charge in [0.15, 0.2) is 0 Å². The maximum Gasteiger partial charge on any atom is 0.320 e. The van der Waals surface area contributed by atoms with Crippen molar-refractivity contribution in [1.82, 2.24) is 4.98 Å². The lowest BCUT2D eigenvalue weighted by molar-refractivity contribution is -0.138. The van der Waals surface area contributed by atoms with Gasteiger partial charge in [0.25, 0.3) is 0 Å². The molecule has 0 saturated heterocycles. The second-order valence-corrected chi connectivity index (χ2v) is 5.19. The molecular formula is C15H20N2O2. The Hall–Kier alpha value is -1.81. The summed E-state index contributed by atoms with van der Waals surface area (Å²) in [6, 6.07) is 6.91. The van der Waals surface area contributed by atoms with Gasteiger partial charge in [-0.3, -0.25) is 4.79 Å². The highest BCUT2D eigenvalue weighted by Gasteiger charge is 2.14. The van der Waals surface area contributed by atoms with E-state index in [2.05, 4.69) is 11.9 Å². The van der Waals surface area contributed by atoms with Gasteiger partial charge in [-0.1, -0.05) is 38.0 Å². The quantitative estimate of drug-likeness (QED) is 0.793. The molecule has 102 valence electrons. The van der Waals surface area contributed by atoms with E-state index in [1.165, 1.54) is 12.8 Å². The molecule has 1 aliphatic carbocycles. The first-order valence-corrected chi connectivity index (χ1v) is 6.61. The number of carboxylic acids is 1. The number of aromatic amines is 1. The van der Waals surface area contributed by atoms with Gasteiger partial charge < -0.3 is 15.8 Å². The summed E-state index contributed by atoms with van der Waals surface area (Å²) in [5.41, 5.74) is 7.43. The van der Waals surface area contributed by atoms with Crippen molar-refractivity contribution in [2.75, 3.05) is 0 Å². The van der Waals surface area contributed by atoms with Crippen LogP contribution in [0, 0.1) is 5.92 Å². The molecule has 1 unspecified atom stereocenters. The number of para-hydroxylation sites is 1. The third kappa shape index (κ3) is 3.83. The lowest BCUT2D eigenvalue weighted by atomic mass is 10.1. The molecule has 1 fully saturated rings. The van der Waals surface area contributed by atoms with Crippen molar-refractivity contribution in [2.45, 2.75) is 32.2 Å². The number of hydrogen-bond acceptors (Lipinski definition) is 2. The molecule has 0 amide bonds. The summed E-state index contributed by atoms with van der Waals surface area (Å²) in [6.45, 7) is 2.28. The van der Waals surface area contributed by atoms with Crippen LogP contribution in [0.4, 0.5) is 0 Å². The predicted molar refractivity (Wildman–Crippen MR) is 76.0 cm³/mol. The number of aromatic nitrogens is 1. The van der Waals surface area contributed by atoms with Crippen LogP contribution in [0.15, 0.2) is 30.5 Å². The van der Waals surface area contributed by atoms with E-state index in [-0.39, 0.29) is 0 Å². The van der Waals surface area contributed by atoms with Gasteiger partial charge in [-0.05, 0) is 17.5 Å². The smallest absolute Gasteiger partial charge is 0.320 e. The molecule has 1 heterocycles. The Labute approximate surface area is 112 Å². The third-order valence-corrected chi connectivity index (χ3v) is 3.30. The minimum atomic E-state index is -0.972. The number of carboxylic acid groups (broad SMARTS) is 1. The second kappa shape index (κ2) is 5.89. The van der Waals surface area contributed by atoms with Crippen molar-refractivity contribution in [3.63, 3.8) is 0 Å². The zero-order valence-corrected chi connectivity index (χ0v) is 11.1. The Morgan fingerprint density at radius 2 is 2.11 bits per heavy atom. The van der Waals surface area contributed by atoms with Crippen LogP contribution in [-0.4, -0.2) is 22.1 Å². The molecule has 1 aromatic heterocycles. The molecule has 4 nitrogen and oxygen atoms in total. The van der Waals surface area contributed by atoms with Gasteiger partial charge in [0.1, 0.15) is 6.04 Å². The van der Waals surface area contributed by atoms with E-state index < -0.39 is 12.0 Å².